The zero-order valence-corrected chi connectivity index (χ0v) is 22.9. The van der Waals surface area contributed by atoms with E-state index in [0.717, 1.165) is 21.3 Å². The van der Waals surface area contributed by atoms with Gasteiger partial charge in [0.25, 0.3) is 0 Å². The first-order chi connectivity index (χ1) is 17.2. The summed E-state index contributed by atoms with van der Waals surface area (Å²) in [5, 5.41) is 0. The van der Waals surface area contributed by atoms with Crippen LogP contribution in [0.4, 0.5) is 0 Å². The Morgan fingerprint density at radius 1 is 1.08 bits per heavy atom. The normalized spacial score (nSPS) is 21.7. The first-order valence-corrected chi connectivity index (χ1v) is 13.0. The van der Waals surface area contributed by atoms with Gasteiger partial charge in [-0.25, -0.2) is 0 Å². The van der Waals surface area contributed by atoms with Crippen molar-refractivity contribution in [2.75, 3.05) is 20.8 Å². The van der Waals surface area contributed by atoms with Crippen molar-refractivity contribution in [1.82, 2.24) is 0 Å². The Kier molecular flexibility index (Phi) is 7.98. The monoisotopic (exact) mass is 553 g/mol. The van der Waals surface area contributed by atoms with Gasteiger partial charge in [0.05, 0.1) is 20.8 Å². The lowest BCUT2D eigenvalue weighted by molar-refractivity contribution is -0.147. The minimum absolute atomic E-state index is 0.00898. The summed E-state index contributed by atoms with van der Waals surface area (Å²) in [4.78, 5) is 32.1. The predicted octanol–water partition coefficient (Wildman–Crippen LogP) is 6.24. The predicted molar refractivity (Wildman–Crippen MR) is 143 cm³/mol. The number of esters is 1. The molecule has 0 saturated carbocycles. The van der Waals surface area contributed by atoms with E-state index in [1.54, 1.807) is 14.2 Å². The molecular weight excluding hydrogens is 522 g/mol. The lowest BCUT2D eigenvalue weighted by atomic mass is 9.69. The van der Waals surface area contributed by atoms with Crippen LogP contribution >= 0.6 is 15.9 Å². The van der Waals surface area contributed by atoms with Gasteiger partial charge in [-0.05, 0) is 48.4 Å². The fraction of sp³-hybridized carbons (Fsp3) is 0.414. The Labute approximate surface area is 220 Å². The lowest BCUT2D eigenvalue weighted by Gasteiger charge is -2.37. The Balaban J connectivity index is 1.85. The standard InChI is InChI=1S/C29H32BrNO5/c1-16(2)15-36-29(33)26-17(3)31-22-11-19(18-9-7-6-8-10-18)12-23(32)28(22)27(26)20-13-24(34-4)25(35-5)14-21(20)30/h6-10,13-14,16,19,26-27H,11-12,15H2,1-5H3/t19-,26?,27+/m1/s1. The van der Waals surface area contributed by atoms with Crippen molar-refractivity contribution in [3.63, 3.8) is 0 Å². The van der Waals surface area contributed by atoms with E-state index in [2.05, 4.69) is 28.1 Å². The van der Waals surface area contributed by atoms with E-state index in [-0.39, 0.29) is 23.6 Å². The van der Waals surface area contributed by atoms with Gasteiger partial charge in [0, 0.05) is 33.8 Å². The molecule has 0 aromatic heterocycles. The number of hydrogen-bond donors (Lipinski definition) is 0. The van der Waals surface area contributed by atoms with Crippen molar-refractivity contribution < 1.29 is 23.8 Å². The van der Waals surface area contributed by atoms with Gasteiger partial charge in [0.15, 0.2) is 17.3 Å². The van der Waals surface area contributed by atoms with E-state index in [9.17, 15) is 9.59 Å². The van der Waals surface area contributed by atoms with E-state index in [1.807, 2.05) is 51.1 Å². The molecule has 1 aliphatic carbocycles. The molecule has 0 spiro atoms. The Bertz CT molecular complexity index is 1220. The van der Waals surface area contributed by atoms with Crippen LogP contribution in [0, 0.1) is 11.8 Å². The molecule has 1 unspecified atom stereocenters. The van der Waals surface area contributed by atoms with Gasteiger partial charge in [-0.2, -0.15) is 0 Å². The summed E-state index contributed by atoms with van der Waals surface area (Å²) in [7, 11) is 3.14. The highest BCUT2D eigenvalue weighted by Gasteiger charge is 2.45. The number of ketones is 1. The minimum Gasteiger partial charge on any atom is -0.493 e. The molecule has 0 fully saturated rings. The molecule has 0 bridgehead atoms. The third-order valence-corrected chi connectivity index (χ3v) is 7.50. The SMILES string of the molecule is COc1cc(Br)c([C@@H]2C3=C(C[C@@H](c4ccccc4)CC3=O)N=C(C)C2C(=O)OCC(C)C)cc1OC. The lowest BCUT2D eigenvalue weighted by Crippen LogP contribution is -2.38. The fourth-order valence-corrected chi connectivity index (χ4v) is 5.68. The zero-order valence-electron chi connectivity index (χ0n) is 21.3. The van der Waals surface area contributed by atoms with Crippen LogP contribution in [0.2, 0.25) is 0 Å². The first-order valence-electron chi connectivity index (χ1n) is 12.2. The molecule has 190 valence electrons. The number of aliphatic imine (C=N–C) groups is 1. The van der Waals surface area contributed by atoms with Crippen LogP contribution in [0.3, 0.4) is 0 Å². The molecule has 3 atom stereocenters. The second kappa shape index (κ2) is 11.0. The zero-order chi connectivity index (χ0) is 26.0. The maximum Gasteiger partial charge on any atom is 0.315 e. The average Bonchev–Trinajstić information content (AvgIpc) is 2.86. The fourth-order valence-electron chi connectivity index (χ4n) is 5.11. The molecule has 4 rings (SSSR count). The van der Waals surface area contributed by atoms with Crippen LogP contribution in [-0.4, -0.2) is 38.3 Å². The van der Waals surface area contributed by atoms with Crippen molar-refractivity contribution in [3.8, 4) is 11.5 Å². The number of methoxy groups -OCH3 is 2. The quantitative estimate of drug-likeness (QED) is 0.379. The topological polar surface area (TPSA) is 74.2 Å². The van der Waals surface area contributed by atoms with E-state index < -0.39 is 11.8 Å². The molecule has 2 aromatic carbocycles. The van der Waals surface area contributed by atoms with Crippen LogP contribution in [0.15, 0.2) is 63.2 Å². The maximum absolute atomic E-state index is 13.8. The second-order valence-electron chi connectivity index (χ2n) is 9.76. The number of carbonyl (C=O) groups excluding carboxylic acids is 2. The second-order valence-corrected chi connectivity index (χ2v) is 10.6. The van der Waals surface area contributed by atoms with E-state index in [0.29, 0.717) is 42.2 Å². The Hall–Kier alpha value is -2.93. The Morgan fingerprint density at radius 2 is 1.75 bits per heavy atom. The van der Waals surface area contributed by atoms with Crippen molar-refractivity contribution in [2.45, 2.75) is 45.4 Å². The molecule has 1 heterocycles. The van der Waals surface area contributed by atoms with Crippen LogP contribution in [0.5, 0.6) is 11.5 Å². The highest BCUT2D eigenvalue weighted by Crippen LogP contribution is 2.49. The van der Waals surface area contributed by atoms with Crippen LogP contribution < -0.4 is 9.47 Å². The summed E-state index contributed by atoms with van der Waals surface area (Å²) in [5.41, 5.74) is 3.88. The van der Waals surface area contributed by atoms with E-state index >= 15 is 0 Å². The van der Waals surface area contributed by atoms with Gasteiger partial charge in [0.2, 0.25) is 0 Å². The number of allylic oxidation sites excluding steroid dienone is 2. The third kappa shape index (κ3) is 5.12. The summed E-state index contributed by atoms with van der Waals surface area (Å²) in [5.74, 6) is -0.299. The molecule has 6 nitrogen and oxygen atoms in total. The van der Waals surface area contributed by atoms with Gasteiger partial charge in [-0.3, -0.25) is 14.6 Å². The molecule has 7 heteroatoms. The maximum atomic E-state index is 13.8. The van der Waals surface area contributed by atoms with Crippen molar-refractivity contribution in [3.05, 3.63) is 69.3 Å². The van der Waals surface area contributed by atoms with Crippen LogP contribution in [-0.2, 0) is 14.3 Å². The van der Waals surface area contributed by atoms with Gasteiger partial charge in [-0.1, -0.05) is 60.1 Å². The molecule has 0 saturated heterocycles. The number of carbonyl (C=O) groups is 2. The number of rotatable bonds is 7. The largest absolute Gasteiger partial charge is 0.493 e. The highest BCUT2D eigenvalue weighted by molar-refractivity contribution is 9.10. The third-order valence-electron chi connectivity index (χ3n) is 6.81. The molecule has 2 aromatic rings. The van der Waals surface area contributed by atoms with Gasteiger partial charge in [-0.15, -0.1) is 0 Å². The number of nitrogens with zero attached hydrogens (tertiary/aromatic N) is 1. The van der Waals surface area contributed by atoms with Crippen molar-refractivity contribution in [2.24, 2.45) is 16.8 Å². The van der Waals surface area contributed by atoms with Crippen LogP contribution in [0.25, 0.3) is 0 Å². The molecule has 1 aliphatic heterocycles. The van der Waals surface area contributed by atoms with Crippen LogP contribution in [0.1, 0.15) is 56.6 Å². The smallest absolute Gasteiger partial charge is 0.315 e. The van der Waals surface area contributed by atoms with Gasteiger partial charge in [0.1, 0.15) is 5.92 Å². The van der Waals surface area contributed by atoms with E-state index in [4.69, 9.17) is 19.2 Å². The molecule has 0 radical (unpaired) electrons. The molecular formula is C29H32BrNO5. The summed E-state index contributed by atoms with van der Waals surface area (Å²) in [6.07, 6.45) is 1.00. The van der Waals surface area contributed by atoms with Crippen molar-refractivity contribution >= 4 is 33.4 Å². The first kappa shape index (κ1) is 26.1. The highest BCUT2D eigenvalue weighted by atomic mass is 79.9. The molecule has 0 amide bonds. The average molecular weight is 554 g/mol. The number of Topliss-reactive ketones (excluding diaryl/α,β-unsaturated/α-hetero) is 1. The molecule has 36 heavy (non-hydrogen) atoms. The Morgan fingerprint density at radius 3 is 2.39 bits per heavy atom. The molecule has 2 aliphatic rings. The van der Waals surface area contributed by atoms with Gasteiger partial charge >= 0.3 is 5.97 Å². The molecule has 0 N–H and O–H groups in total. The summed E-state index contributed by atoms with van der Waals surface area (Å²) in [6.45, 7) is 6.14. The van der Waals surface area contributed by atoms with E-state index in [1.165, 1.54) is 0 Å². The summed E-state index contributed by atoms with van der Waals surface area (Å²) < 4.78 is 17.4. The van der Waals surface area contributed by atoms with Gasteiger partial charge < -0.3 is 14.2 Å². The summed E-state index contributed by atoms with van der Waals surface area (Å²) in [6, 6.07) is 13.7. The number of ether oxygens (including phenoxy) is 3. The minimum atomic E-state index is -0.714. The number of benzene rings is 2. The van der Waals surface area contributed by atoms with Crippen molar-refractivity contribution in [1.29, 1.82) is 0 Å². The number of hydrogen-bond acceptors (Lipinski definition) is 6. The number of halogens is 1. The summed E-state index contributed by atoms with van der Waals surface area (Å²) >= 11 is 3.67.